The fraction of sp³-hybridized carbons (Fsp3) is 0.700. The molecule has 2 amide bonds. The summed E-state index contributed by atoms with van der Waals surface area (Å²) in [6.07, 6.45) is 0. The molecule has 0 aliphatic carbocycles. The first-order valence-electron chi connectivity index (χ1n) is 5.20. The van der Waals surface area contributed by atoms with Crippen LogP contribution in [0.3, 0.4) is 0 Å². The monoisotopic (exact) mass is 227 g/mol. The maximum atomic E-state index is 11.9. The Morgan fingerprint density at radius 1 is 1.31 bits per heavy atom. The van der Waals surface area contributed by atoms with Crippen LogP contribution in [0.2, 0.25) is 0 Å². The first-order chi connectivity index (χ1) is 7.29. The number of hydrazine groups is 1. The second-order valence-electron chi connectivity index (χ2n) is 4.48. The standard InChI is InChI=1S/C10H17N3O3/c1-4(2)7(11)8(14)6-5(3)9(15)13(12)10(6)16/h4-7H,11-12H2,1-3H3/t5-,6+,7-/m0/s1. The molecule has 16 heavy (non-hydrogen) atoms. The van der Waals surface area contributed by atoms with Gasteiger partial charge in [-0.1, -0.05) is 20.8 Å². The van der Waals surface area contributed by atoms with Gasteiger partial charge in [-0.15, -0.1) is 0 Å². The summed E-state index contributed by atoms with van der Waals surface area (Å²) in [6, 6.07) is -0.740. The molecule has 0 saturated carbocycles. The van der Waals surface area contributed by atoms with E-state index in [9.17, 15) is 14.4 Å². The number of nitrogens with zero attached hydrogens (tertiary/aromatic N) is 1. The Labute approximate surface area is 93.9 Å². The van der Waals surface area contributed by atoms with Crippen molar-refractivity contribution in [2.75, 3.05) is 0 Å². The second kappa shape index (κ2) is 4.31. The molecule has 0 aromatic carbocycles. The van der Waals surface area contributed by atoms with Gasteiger partial charge in [0.05, 0.1) is 12.0 Å². The van der Waals surface area contributed by atoms with Gasteiger partial charge in [0.1, 0.15) is 5.92 Å². The van der Waals surface area contributed by atoms with Crippen LogP contribution in [-0.2, 0) is 14.4 Å². The van der Waals surface area contributed by atoms with Crippen molar-refractivity contribution in [3.63, 3.8) is 0 Å². The van der Waals surface area contributed by atoms with Crippen LogP contribution < -0.4 is 11.6 Å². The SMILES string of the molecule is CC(C)[C@H](N)C(=O)[C@@H]1C(=O)N(N)C(=O)[C@H]1C. The second-order valence-corrected chi connectivity index (χ2v) is 4.48. The highest BCUT2D eigenvalue weighted by molar-refractivity contribution is 6.15. The van der Waals surface area contributed by atoms with Crippen molar-refractivity contribution in [2.45, 2.75) is 26.8 Å². The third-order valence-corrected chi connectivity index (χ3v) is 2.98. The molecule has 0 radical (unpaired) electrons. The average Bonchev–Trinajstić information content (AvgIpc) is 2.41. The Morgan fingerprint density at radius 3 is 2.12 bits per heavy atom. The van der Waals surface area contributed by atoms with Gasteiger partial charge in [-0.25, -0.2) is 10.9 Å². The highest BCUT2D eigenvalue weighted by Gasteiger charge is 2.49. The molecule has 1 aliphatic rings. The lowest BCUT2D eigenvalue weighted by molar-refractivity contribution is -0.141. The number of Topliss-reactive ketones (excluding diaryl/α,β-unsaturated/α-hetero) is 1. The van der Waals surface area contributed by atoms with E-state index in [0.29, 0.717) is 5.01 Å². The molecule has 90 valence electrons. The van der Waals surface area contributed by atoms with Crippen molar-refractivity contribution >= 4 is 17.6 Å². The molecule has 1 aliphatic heterocycles. The van der Waals surface area contributed by atoms with E-state index >= 15 is 0 Å². The zero-order valence-electron chi connectivity index (χ0n) is 9.64. The molecular formula is C10H17N3O3. The summed E-state index contributed by atoms with van der Waals surface area (Å²) in [7, 11) is 0. The maximum Gasteiger partial charge on any atom is 0.255 e. The Bertz CT molecular complexity index is 340. The summed E-state index contributed by atoms with van der Waals surface area (Å²) in [6.45, 7) is 5.09. The van der Waals surface area contributed by atoms with Gasteiger partial charge in [0, 0.05) is 0 Å². The van der Waals surface area contributed by atoms with Crippen molar-refractivity contribution < 1.29 is 14.4 Å². The van der Waals surface area contributed by atoms with E-state index in [4.69, 9.17) is 11.6 Å². The quantitative estimate of drug-likeness (QED) is 0.279. The molecule has 4 N–H and O–H groups in total. The zero-order chi connectivity index (χ0) is 12.6. The number of nitrogens with two attached hydrogens (primary N) is 2. The zero-order valence-corrected chi connectivity index (χ0v) is 9.64. The fourth-order valence-corrected chi connectivity index (χ4v) is 1.74. The van der Waals surface area contributed by atoms with Crippen LogP contribution in [0.25, 0.3) is 0 Å². The molecule has 0 aromatic heterocycles. The minimum atomic E-state index is -1.02. The number of carbonyl (C=O) groups excluding carboxylic acids is 3. The molecule has 0 unspecified atom stereocenters. The number of hydrogen-bond donors (Lipinski definition) is 2. The van der Waals surface area contributed by atoms with Crippen LogP contribution in [0.15, 0.2) is 0 Å². The number of imide groups is 1. The summed E-state index contributed by atoms with van der Waals surface area (Å²) in [5, 5.41) is 0.514. The number of hydrogen-bond acceptors (Lipinski definition) is 5. The van der Waals surface area contributed by atoms with E-state index in [1.165, 1.54) is 6.92 Å². The molecule has 1 rings (SSSR count). The Kier molecular flexibility index (Phi) is 3.44. The van der Waals surface area contributed by atoms with Gasteiger partial charge in [0.25, 0.3) is 5.91 Å². The normalized spacial score (nSPS) is 27.8. The van der Waals surface area contributed by atoms with Crippen molar-refractivity contribution in [3.05, 3.63) is 0 Å². The molecule has 1 saturated heterocycles. The molecule has 0 bridgehead atoms. The van der Waals surface area contributed by atoms with Gasteiger partial charge in [-0.2, -0.15) is 0 Å². The molecular weight excluding hydrogens is 210 g/mol. The van der Waals surface area contributed by atoms with E-state index in [2.05, 4.69) is 0 Å². The Hall–Kier alpha value is -1.27. The summed E-state index contributed by atoms with van der Waals surface area (Å²) in [5.41, 5.74) is 5.68. The fourth-order valence-electron chi connectivity index (χ4n) is 1.74. The third-order valence-electron chi connectivity index (χ3n) is 2.98. The molecule has 0 spiro atoms. The third kappa shape index (κ3) is 1.85. The highest BCUT2D eigenvalue weighted by Crippen LogP contribution is 2.26. The lowest BCUT2D eigenvalue weighted by atomic mass is 9.85. The predicted octanol–water partition coefficient (Wildman–Crippen LogP) is -0.966. The summed E-state index contributed by atoms with van der Waals surface area (Å²) < 4.78 is 0. The van der Waals surface area contributed by atoms with Gasteiger partial charge in [0.15, 0.2) is 5.78 Å². The molecule has 3 atom stereocenters. The first-order valence-corrected chi connectivity index (χ1v) is 5.20. The van der Waals surface area contributed by atoms with Crippen molar-refractivity contribution in [1.29, 1.82) is 0 Å². The minimum Gasteiger partial charge on any atom is -0.321 e. The lowest BCUT2D eigenvalue weighted by Crippen LogP contribution is -2.44. The number of rotatable bonds is 3. The lowest BCUT2D eigenvalue weighted by Gasteiger charge is -2.18. The van der Waals surface area contributed by atoms with E-state index in [1.54, 1.807) is 13.8 Å². The van der Waals surface area contributed by atoms with E-state index in [-0.39, 0.29) is 5.92 Å². The molecule has 6 heteroatoms. The van der Waals surface area contributed by atoms with Gasteiger partial charge >= 0.3 is 0 Å². The first kappa shape index (κ1) is 12.8. The van der Waals surface area contributed by atoms with Crippen LogP contribution >= 0.6 is 0 Å². The van der Waals surface area contributed by atoms with Crippen LogP contribution in [0, 0.1) is 17.8 Å². The van der Waals surface area contributed by atoms with Crippen LogP contribution in [0.1, 0.15) is 20.8 Å². The minimum absolute atomic E-state index is 0.0746. The topological polar surface area (TPSA) is 106 Å². The summed E-state index contributed by atoms with van der Waals surface area (Å²) in [4.78, 5) is 34.9. The van der Waals surface area contributed by atoms with Gasteiger partial charge in [-0.05, 0) is 5.92 Å². The van der Waals surface area contributed by atoms with Gasteiger partial charge in [0.2, 0.25) is 5.91 Å². The Balaban J connectivity index is 2.93. The Morgan fingerprint density at radius 2 is 1.81 bits per heavy atom. The van der Waals surface area contributed by atoms with E-state index in [0.717, 1.165) is 0 Å². The summed E-state index contributed by atoms with van der Waals surface area (Å²) >= 11 is 0. The van der Waals surface area contributed by atoms with E-state index < -0.39 is 35.5 Å². The average molecular weight is 227 g/mol. The number of ketones is 1. The summed E-state index contributed by atoms with van der Waals surface area (Å²) in [5.74, 6) is 1.86. The predicted molar refractivity (Wildman–Crippen MR) is 56.5 cm³/mol. The smallest absolute Gasteiger partial charge is 0.255 e. The van der Waals surface area contributed by atoms with Crippen LogP contribution in [0.5, 0.6) is 0 Å². The highest BCUT2D eigenvalue weighted by atomic mass is 16.2. The number of carbonyl (C=O) groups is 3. The molecule has 1 heterocycles. The molecule has 6 nitrogen and oxygen atoms in total. The van der Waals surface area contributed by atoms with Crippen molar-refractivity contribution in [1.82, 2.24) is 5.01 Å². The van der Waals surface area contributed by atoms with Crippen LogP contribution in [-0.4, -0.2) is 28.6 Å². The van der Waals surface area contributed by atoms with Crippen LogP contribution in [0.4, 0.5) is 0 Å². The van der Waals surface area contributed by atoms with Crippen molar-refractivity contribution in [3.8, 4) is 0 Å². The largest absolute Gasteiger partial charge is 0.321 e. The van der Waals surface area contributed by atoms with E-state index in [1.807, 2.05) is 0 Å². The van der Waals surface area contributed by atoms with Gasteiger partial charge < -0.3 is 5.73 Å². The van der Waals surface area contributed by atoms with Crippen molar-refractivity contribution in [2.24, 2.45) is 29.3 Å². The van der Waals surface area contributed by atoms with Gasteiger partial charge in [-0.3, -0.25) is 14.4 Å². The number of amides is 2. The molecule has 1 fully saturated rings. The maximum absolute atomic E-state index is 11.9. The molecule has 0 aromatic rings.